The molecule has 26 heavy (non-hydrogen) atoms. The fourth-order valence-electron chi connectivity index (χ4n) is 2.53. The standard InChI is InChI=1S/C20H17ClN2O3/c1-26-17-9-7-14(8-10-17)13-23-11-3-6-18(20(23)25)19(24)22-16-5-2-4-15(21)12-16/h2-12H,13H2,1H3,(H,22,24). The van der Waals surface area contributed by atoms with Gasteiger partial charge in [-0.05, 0) is 48.0 Å². The van der Waals surface area contributed by atoms with Crippen LogP contribution in [-0.2, 0) is 6.54 Å². The van der Waals surface area contributed by atoms with Crippen LogP contribution in [0.4, 0.5) is 5.69 Å². The lowest BCUT2D eigenvalue weighted by molar-refractivity contribution is 0.102. The lowest BCUT2D eigenvalue weighted by Crippen LogP contribution is -2.29. The fraction of sp³-hybridized carbons (Fsp3) is 0.100. The second kappa shape index (κ2) is 7.89. The molecule has 0 fully saturated rings. The normalized spacial score (nSPS) is 10.4. The molecule has 6 heteroatoms. The predicted octanol–water partition coefficient (Wildman–Crippen LogP) is 3.81. The smallest absolute Gasteiger partial charge is 0.263 e. The lowest BCUT2D eigenvalue weighted by atomic mass is 10.2. The van der Waals surface area contributed by atoms with Crippen LogP contribution in [0.5, 0.6) is 5.75 Å². The van der Waals surface area contributed by atoms with Gasteiger partial charge < -0.3 is 14.6 Å². The van der Waals surface area contributed by atoms with E-state index in [2.05, 4.69) is 5.32 Å². The molecule has 0 aliphatic heterocycles. The van der Waals surface area contributed by atoms with E-state index in [-0.39, 0.29) is 11.1 Å². The molecule has 0 aliphatic rings. The summed E-state index contributed by atoms with van der Waals surface area (Å²) in [7, 11) is 1.60. The maximum atomic E-state index is 12.6. The summed E-state index contributed by atoms with van der Waals surface area (Å²) in [5, 5.41) is 3.20. The molecule has 0 atom stereocenters. The SMILES string of the molecule is COc1ccc(Cn2cccc(C(=O)Nc3cccc(Cl)c3)c2=O)cc1. The Morgan fingerprint density at radius 2 is 1.88 bits per heavy atom. The van der Waals surface area contributed by atoms with Crippen molar-refractivity contribution in [2.24, 2.45) is 0 Å². The topological polar surface area (TPSA) is 60.3 Å². The summed E-state index contributed by atoms with van der Waals surface area (Å²) in [5.41, 5.74) is 1.18. The van der Waals surface area contributed by atoms with Crippen LogP contribution in [0, 0.1) is 0 Å². The molecule has 0 bridgehead atoms. The first-order valence-corrected chi connectivity index (χ1v) is 8.34. The lowest BCUT2D eigenvalue weighted by Gasteiger charge is -2.10. The highest BCUT2D eigenvalue weighted by Gasteiger charge is 2.13. The maximum Gasteiger partial charge on any atom is 0.263 e. The number of nitrogens with one attached hydrogen (secondary N) is 1. The number of anilines is 1. The molecule has 3 aromatic rings. The molecule has 1 heterocycles. The number of hydrogen-bond acceptors (Lipinski definition) is 3. The largest absolute Gasteiger partial charge is 0.497 e. The van der Waals surface area contributed by atoms with Crippen molar-refractivity contribution in [3.63, 3.8) is 0 Å². The molecule has 0 saturated carbocycles. The van der Waals surface area contributed by atoms with Crippen molar-refractivity contribution in [3.8, 4) is 5.75 Å². The highest BCUT2D eigenvalue weighted by Crippen LogP contribution is 2.15. The van der Waals surface area contributed by atoms with Crippen molar-refractivity contribution in [1.82, 2.24) is 4.57 Å². The molecule has 2 aromatic carbocycles. The predicted molar refractivity (Wildman–Crippen MR) is 102 cm³/mol. The minimum Gasteiger partial charge on any atom is -0.497 e. The zero-order chi connectivity index (χ0) is 18.5. The fourth-order valence-corrected chi connectivity index (χ4v) is 2.72. The monoisotopic (exact) mass is 368 g/mol. The highest BCUT2D eigenvalue weighted by molar-refractivity contribution is 6.30. The molecule has 3 rings (SSSR count). The molecule has 0 radical (unpaired) electrons. The van der Waals surface area contributed by atoms with Gasteiger partial charge in [-0.2, -0.15) is 0 Å². The Balaban J connectivity index is 1.82. The quantitative estimate of drug-likeness (QED) is 0.745. The number of benzene rings is 2. The van der Waals surface area contributed by atoms with E-state index in [4.69, 9.17) is 16.3 Å². The first-order valence-electron chi connectivity index (χ1n) is 7.96. The molecule has 5 nitrogen and oxygen atoms in total. The minimum atomic E-state index is -0.471. The number of nitrogens with zero attached hydrogens (tertiary/aromatic N) is 1. The number of hydrogen-bond donors (Lipinski definition) is 1. The van der Waals surface area contributed by atoms with Gasteiger partial charge in [0.2, 0.25) is 0 Å². The molecular weight excluding hydrogens is 352 g/mol. The van der Waals surface area contributed by atoms with Gasteiger partial charge in [0, 0.05) is 16.9 Å². The van der Waals surface area contributed by atoms with Gasteiger partial charge in [0.15, 0.2) is 0 Å². The first kappa shape index (κ1) is 17.8. The third-order valence-electron chi connectivity index (χ3n) is 3.86. The number of methoxy groups -OCH3 is 1. The first-order chi connectivity index (χ1) is 12.6. The van der Waals surface area contributed by atoms with Crippen LogP contribution in [0.25, 0.3) is 0 Å². The van der Waals surface area contributed by atoms with Gasteiger partial charge in [-0.25, -0.2) is 0 Å². The van der Waals surface area contributed by atoms with Gasteiger partial charge >= 0.3 is 0 Å². The van der Waals surface area contributed by atoms with E-state index in [1.807, 2.05) is 24.3 Å². The number of carbonyl (C=O) groups excluding carboxylic acids is 1. The number of amides is 1. The van der Waals surface area contributed by atoms with Crippen molar-refractivity contribution < 1.29 is 9.53 Å². The second-order valence-corrected chi connectivity index (χ2v) is 6.10. The number of carbonyl (C=O) groups is 1. The van der Waals surface area contributed by atoms with E-state index in [9.17, 15) is 9.59 Å². The van der Waals surface area contributed by atoms with E-state index in [0.29, 0.717) is 17.3 Å². The van der Waals surface area contributed by atoms with Crippen LogP contribution in [0.2, 0.25) is 5.02 Å². The average Bonchev–Trinajstić information content (AvgIpc) is 2.64. The van der Waals surface area contributed by atoms with Crippen LogP contribution in [-0.4, -0.2) is 17.6 Å². The molecule has 0 saturated heterocycles. The second-order valence-electron chi connectivity index (χ2n) is 5.67. The Kier molecular flexibility index (Phi) is 5.39. The molecular formula is C20H17ClN2O3. The van der Waals surface area contributed by atoms with Gasteiger partial charge in [0.25, 0.3) is 11.5 Å². The molecule has 0 spiro atoms. The van der Waals surface area contributed by atoms with E-state index in [1.165, 1.54) is 10.6 Å². The average molecular weight is 369 g/mol. The van der Waals surface area contributed by atoms with Crippen LogP contribution in [0.15, 0.2) is 71.7 Å². The summed E-state index contributed by atoms with van der Waals surface area (Å²) in [4.78, 5) is 25.1. The molecule has 1 amide bonds. The summed E-state index contributed by atoms with van der Waals surface area (Å²) in [6, 6.07) is 17.4. The Hall–Kier alpha value is -3.05. The summed E-state index contributed by atoms with van der Waals surface area (Å²) in [6.07, 6.45) is 1.66. The van der Waals surface area contributed by atoms with Crippen molar-refractivity contribution in [1.29, 1.82) is 0 Å². The number of pyridine rings is 1. The molecule has 0 unspecified atom stereocenters. The number of rotatable bonds is 5. The summed E-state index contributed by atoms with van der Waals surface area (Å²) in [6.45, 7) is 0.362. The van der Waals surface area contributed by atoms with Crippen molar-refractivity contribution >= 4 is 23.2 Å². The molecule has 0 aliphatic carbocycles. The van der Waals surface area contributed by atoms with E-state index in [0.717, 1.165) is 11.3 Å². The highest BCUT2D eigenvalue weighted by atomic mass is 35.5. The Labute approximate surface area is 155 Å². The zero-order valence-corrected chi connectivity index (χ0v) is 14.9. The zero-order valence-electron chi connectivity index (χ0n) is 14.1. The number of aromatic nitrogens is 1. The van der Waals surface area contributed by atoms with Crippen molar-refractivity contribution in [2.45, 2.75) is 6.54 Å². The Bertz CT molecular complexity index is 981. The van der Waals surface area contributed by atoms with Gasteiger partial charge in [0.05, 0.1) is 13.7 Å². The third-order valence-corrected chi connectivity index (χ3v) is 4.09. The molecule has 132 valence electrons. The van der Waals surface area contributed by atoms with Crippen LogP contribution in [0.3, 0.4) is 0 Å². The third kappa shape index (κ3) is 4.13. The van der Waals surface area contributed by atoms with Gasteiger partial charge in [-0.15, -0.1) is 0 Å². The van der Waals surface area contributed by atoms with E-state index >= 15 is 0 Å². The van der Waals surface area contributed by atoms with Crippen LogP contribution >= 0.6 is 11.6 Å². The van der Waals surface area contributed by atoms with E-state index in [1.54, 1.807) is 43.6 Å². The van der Waals surface area contributed by atoms with Crippen molar-refractivity contribution in [3.05, 3.63) is 93.4 Å². The van der Waals surface area contributed by atoms with Crippen LogP contribution in [0.1, 0.15) is 15.9 Å². The van der Waals surface area contributed by atoms with Gasteiger partial charge in [-0.3, -0.25) is 9.59 Å². The van der Waals surface area contributed by atoms with Crippen molar-refractivity contribution in [2.75, 3.05) is 12.4 Å². The number of ether oxygens (including phenoxy) is 1. The summed E-state index contributed by atoms with van der Waals surface area (Å²) >= 11 is 5.92. The van der Waals surface area contributed by atoms with Gasteiger partial charge in [-0.1, -0.05) is 29.8 Å². The summed E-state index contributed by atoms with van der Waals surface area (Å²) < 4.78 is 6.62. The maximum absolute atomic E-state index is 12.6. The minimum absolute atomic E-state index is 0.0704. The van der Waals surface area contributed by atoms with Gasteiger partial charge in [0.1, 0.15) is 11.3 Å². The van der Waals surface area contributed by atoms with Crippen LogP contribution < -0.4 is 15.6 Å². The van der Waals surface area contributed by atoms with E-state index < -0.39 is 5.91 Å². The Morgan fingerprint density at radius 3 is 2.58 bits per heavy atom. The Morgan fingerprint density at radius 1 is 1.12 bits per heavy atom. The summed E-state index contributed by atoms with van der Waals surface area (Å²) in [5.74, 6) is 0.275. The number of halogens is 1. The molecule has 1 aromatic heterocycles. The molecule has 1 N–H and O–H groups in total.